The fraction of sp³-hybridized carbons (Fsp3) is 0.455. The van der Waals surface area contributed by atoms with Crippen LogP contribution in [0.15, 0.2) is 24.3 Å². The van der Waals surface area contributed by atoms with Crippen LogP contribution >= 0.6 is 11.3 Å². The Morgan fingerprint density at radius 3 is 2.52 bits per heavy atom. The minimum Gasteiger partial charge on any atom is -0.490 e. The van der Waals surface area contributed by atoms with E-state index in [4.69, 9.17) is 9.47 Å². The third-order valence-corrected chi connectivity index (χ3v) is 5.99. The van der Waals surface area contributed by atoms with E-state index in [2.05, 4.69) is 5.32 Å². The van der Waals surface area contributed by atoms with Crippen molar-refractivity contribution in [3.63, 3.8) is 0 Å². The average Bonchev–Trinajstić information content (AvgIpc) is 3.13. The standard InChI is InChI=1S/C22H28N2O4S/c1-4-27-17-11-10-16(13-18(17)28-5-2)23-21(25)14-24(3)22(26)20-12-15-8-6-7-9-19(15)29-20/h10-13H,4-9,14H2,1-3H3,(H,23,25). The predicted octanol–water partition coefficient (Wildman–Crippen LogP) is 4.14. The smallest absolute Gasteiger partial charge is 0.264 e. The van der Waals surface area contributed by atoms with Crippen molar-refractivity contribution in [3.05, 3.63) is 39.6 Å². The highest BCUT2D eigenvalue weighted by molar-refractivity contribution is 7.14. The highest BCUT2D eigenvalue weighted by atomic mass is 32.1. The van der Waals surface area contributed by atoms with E-state index in [1.165, 1.54) is 28.2 Å². The summed E-state index contributed by atoms with van der Waals surface area (Å²) >= 11 is 1.56. The van der Waals surface area contributed by atoms with Crippen molar-refractivity contribution in [1.29, 1.82) is 0 Å². The van der Waals surface area contributed by atoms with Gasteiger partial charge in [-0.3, -0.25) is 9.59 Å². The number of fused-ring (bicyclic) bond motifs is 1. The minimum absolute atomic E-state index is 0.0153. The van der Waals surface area contributed by atoms with E-state index in [0.717, 1.165) is 12.8 Å². The lowest BCUT2D eigenvalue weighted by Gasteiger charge is -2.17. The molecule has 0 unspecified atom stereocenters. The Balaban J connectivity index is 1.61. The third kappa shape index (κ3) is 5.29. The number of thiophene rings is 1. The number of carbonyl (C=O) groups is 2. The molecule has 7 heteroatoms. The molecule has 2 amide bonds. The Hall–Kier alpha value is -2.54. The maximum atomic E-state index is 12.7. The molecule has 29 heavy (non-hydrogen) atoms. The number of hydrogen-bond donors (Lipinski definition) is 1. The number of benzene rings is 1. The summed E-state index contributed by atoms with van der Waals surface area (Å²) in [5, 5.41) is 2.83. The van der Waals surface area contributed by atoms with Crippen molar-refractivity contribution in [2.24, 2.45) is 0 Å². The first kappa shape index (κ1) is 21.2. The number of hydrogen-bond acceptors (Lipinski definition) is 5. The highest BCUT2D eigenvalue weighted by Gasteiger charge is 2.21. The van der Waals surface area contributed by atoms with Gasteiger partial charge in [-0.05, 0) is 63.3 Å². The molecule has 0 aliphatic heterocycles. The van der Waals surface area contributed by atoms with Crippen LogP contribution in [0.3, 0.4) is 0 Å². The summed E-state index contributed by atoms with van der Waals surface area (Å²) in [6.07, 6.45) is 4.47. The van der Waals surface area contributed by atoms with Gasteiger partial charge in [-0.1, -0.05) is 0 Å². The van der Waals surface area contributed by atoms with E-state index in [0.29, 0.717) is 35.3 Å². The van der Waals surface area contributed by atoms with Crippen LogP contribution in [0.1, 0.15) is 46.8 Å². The Morgan fingerprint density at radius 2 is 1.79 bits per heavy atom. The molecule has 1 heterocycles. The molecule has 0 saturated heterocycles. The molecule has 3 rings (SSSR count). The van der Waals surface area contributed by atoms with Crippen LogP contribution in [0, 0.1) is 0 Å². The molecule has 0 bridgehead atoms. The maximum absolute atomic E-state index is 12.7. The van der Waals surface area contributed by atoms with Gasteiger partial charge in [0.25, 0.3) is 5.91 Å². The first-order valence-corrected chi connectivity index (χ1v) is 10.9. The number of ether oxygens (including phenoxy) is 2. The quantitative estimate of drug-likeness (QED) is 0.702. The Morgan fingerprint density at radius 1 is 1.07 bits per heavy atom. The summed E-state index contributed by atoms with van der Waals surface area (Å²) < 4.78 is 11.1. The van der Waals surface area contributed by atoms with Crippen molar-refractivity contribution >= 4 is 28.8 Å². The first-order valence-electron chi connectivity index (χ1n) is 10.1. The molecule has 1 aromatic heterocycles. The molecule has 0 spiro atoms. The van der Waals surface area contributed by atoms with Crippen LogP contribution < -0.4 is 14.8 Å². The lowest BCUT2D eigenvalue weighted by atomic mass is 9.99. The summed E-state index contributed by atoms with van der Waals surface area (Å²) in [5.74, 6) is 0.858. The van der Waals surface area contributed by atoms with Gasteiger partial charge in [-0.2, -0.15) is 0 Å². The van der Waals surface area contributed by atoms with Gasteiger partial charge >= 0.3 is 0 Å². The van der Waals surface area contributed by atoms with E-state index < -0.39 is 0 Å². The Bertz CT molecular complexity index is 854. The third-order valence-electron chi connectivity index (χ3n) is 4.76. The highest BCUT2D eigenvalue weighted by Crippen LogP contribution is 2.31. The Kier molecular flexibility index (Phi) is 7.14. The molecule has 0 radical (unpaired) electrons. The second-order valence-corrected chi connectivity index (χ2v) is 8.14. The molecule has 1 N–H and O–H groups in total. The van der Waals surface area contributed by atoms with E-state index in [1.807, 2.05) is 19.9 Å². The molecule has 1 aromatic carbocycles. The SMILES string of the molecule is CCOc1ccc(NC(=O)CN(C)C(=O)c2cc3c(s2)CCCC3)cc1OCC. The van der Waals surface area contributed by atoms with Crippen molar-refractivity contribution in [3.8, 4) is 11.5 Å². The lowest BCUT2D eigenvalue weighted by Crippen LogP contribution is -2.34. The van der Waals surface area contributed by atoms with E-state index in [-0.39, 0.29) is 18.4 Å². The number of aryl methyl sites for hydroxylation is 2. The summed E-state index contributed by atoms with van der Waals surface area (Å²) in [5.41, 5.74) is 1.90. The van der Waals surface area contributed by atoms with Gasteiger partial charge in [0.15, 0.2) is 11.5 Å². The molecular formula is C22H28N2O4S. The molecule has 1 aliphatic rings. The van der Waals surface area contributed by atoms with Gasteiger partial charge in [-0.15, -0.1) is 11.3 Å². The van der Waals surface area contributed by atoms with Crippen LogP contribution in [0.5, 0.6) is 11.5 Å². The molecule has 156 valence electrons. The summed E-state index contributed by atoms with van der Waals surface area (Å²) in [7, 11) is 1.66. The normalized spacial score (nSPS) is 12.8. The Labute approximate surface area is 175 Å². The monoisotopic (exact) mass is 416 g/mol. The number of nitrogens with zero attached hydrogens (tertiary/aromatic N) is 1. The van der Waals surface area contributed by atoms with Gasteiger partial charge in [0.2, 0.25) is 5.91 Å². The molecule has 2 aromatic rings. The summed E-state index contributed by atoms with van der Waals surface area (Å²) in [4.78, 5) is 28.7. The number of nitrogens with one attached hydrogen (secondary N) is 1. The molecule has 0 atom stereocenters. The molecule has 0 fully saturated rings. The van der Waals surface area contributed by atoms with E-state index in [1.54, 1.807) is 36.6 Å². The zero-order valence-corrected chi connectivity index (χ0v) is 18.1. The lowest BCUT2D eigenvalue weighted by molar-refractivity contribution is -0.116. The number of rotatable bonds is 8. The number of amides is 2. The van der Waals surface area contributed by atoms with Gasteiger partial charge in [0, 0.05) is 23.7 Å². The number of carbonyl (C=O) groups excluding carboxylic acids is 2. The fourth-order valence-corrected chi connectivity index (χ4v) is 4.65. The van der Waals surface area contributed by atoms with Crippen LogP contribution in [-0.2, 0) is 17.6 Å². The van der Waals surface area contributed by atoms with Gasteiger partial charge in [-0.25, -0.2) is 0 Å². The second-order valence-electron chi connectivity index (χ2n) is 7.00. The van der Waals surface area contributed by atoms with Gasteiger partial charge in [0.1, 0.15) is 0 Å². The van der Waals surface area contributed by atoms with Crippen LogP contribution in [-0.4, -0.2) is 43.5 Å². The molecule has 6 nitrogen and oxygen atoms in total. The number of anilines is 1. The van der Waals surface area contributed by atoms with E-state index >= 15 is 0 Å². The fourth-order valence-electron chi connectivity index (χ4n) is 3.40. The topological polar surface area (TPSA) is 67.9 Å². The summed E-state index contributed by atoms with van der Waals surface area (Å²) in [6.45, 7) is 4.81. The zero-order valence-electron chi connectivity index (χ0n) is 17.2. The van der Waals surface area contributed by atoms with Crippen molar-refractivity contribution in [2.45, 2.75) is 39.5 Å². The minimum atomic E-state index is -0.256. The van der Waals surface area contributed by atoms with Crippen molar-refractivity contribution in [1.82, 2.24) is 4.90 Å². The van der Waals surface area contributed by atoms with Crippen LogP contribution in [0.2, 0.25) is 0 Å². The molecule has 0 saturated carbocycles. The van der Waals surface area contributed by atoms with Gasteiger partial charge in [0.05, 0.1) is 24.6 Å². The zero-order chi connectivity index (χ0) is 20.8. The molecule has 1 aliphatic carbocycles. The van der Waals surface area contributed by atoms with Crippen molar-refractivity contribution < 1.29 is 19.1 Å². The molecular weight excluding hydrogens is 388 g/mol. The summed E-state index contributed by atoms with van der Waals surface area (Å²) in [6, 6.07) is 7.27. The van der Waals surface area contributed by atoms with Crippen molar-refractivity contribution in [2.75, 3.05) is 32.1 Å². The first-order chi connectivity index (χ1) is 14.0. The second kappa shape index (κ2) is 9.78. The van der Waals surface area contributed by atoms with Gasteiger partial charge < -0.3 is 19.7 Å². The van der Waals surface area contributed by atoms with Crippen LogP contribution in [0.4, 0.5) is 5.69 Å². The maximum Gasteiger partial charge on any atom is 0.264 e. The average molecular weight is 417 g/mol. The number of likely N-dealkylation sites (N-methyl/N-ethyl adjacent to an activating group) is 1. The van der Waals surface area contributed by atoms with Crippen LogP contribution in [0.25, 0.3) is 0 Å². The largest absolute Gasteiger partial charge is 0.490 e. The predicted molar refractivity (Wildman–Crippen MR) is 115 cm³/mol. The van der Waals surface area contributed by atoms with E-state index in [9.17, 15) is 9.59 Å².